The van der Waals surface area contributed by atoms with E-state index in [0.717, 1.165) is 5.75 Å². The maximum Gasteiger partial charge on any atom is 0.269 e. The molecule has 1 unspecified atom stereocenters. The zero-order valence-corrected chi connectivity index (χ0v) is 14.5. The number of hydrogen-bond donors (Lipinski definition) is 1. The fourth-order valence-electron chi connectivity index (χ4n) is 2.10. The molecule has 0 bridgehead atoms. The van der Waals surface area contributed by atoms with E-state index in [-0.39, 0.29) is 17.6 Å². The number of methoxy groups -OCH3 is 1. The van der Waals surface area contributed by atoms with Crippen LogP contribution in [0.3, 0.4) is 0 Å². The maximum atomic E-state index is 11.9. The van der Waals surface area contributed by atoms with E-state index in [9.17, 15) is 14.9 Å². The molecule has 1 amide bonds. The number of carbonyl (C=O) groups is 1. The Morgan fingerprint density at radius 2 is 1.77 bits per heavy atom. The van der Waals surface area contributed by atoms with E-state index in [1.165, 1.54) is 18.2 Å². The van der Waals surface area contributed by atoms with Crippen molar-refractivity contribution in [2.75, 3.05) is 13.7 Å². The van der Waals surface area contributed by atoms with Crippen molar-refractivity contribution in [1.29, 1.82) is 0 Å². The summed E-state index contributed by atoms with van der Waals surface area (Å²) in [5.41, 5.74) is 0.712. The smallest absolute Gasteiger partial charge is 0.269 e. The minimum absolute atomic E-state index is 0.0101. The second-order valence-electron chi connectivity index (χ2n) is 5.58. The Hall–Kier alpha value is -3.35. The lowest BCUT2D eigenvalue weighted by atomic mass is 10.2. The first kappa shape index (κ1) is 19.0. The standard InChI is InChI=1S/C19H20N2O5/c1-14(13-26-18-10-8-17(25-2)9-11-18)20-19(22)12-5-15-3-6-16(7-4-15)21(23)24/h3-12,14H,13H2,1-2H3,(H,20,22)/b12-5+. The average Bonchev–Trinajstić information content (AvgIpc) is 2.65. The first-order valence-electron chi connectivity index (χ1n) is 7.98. The van der Waals surface area contributed by atoms with Crippen molar-refractivity contribution >= 4 is 17.7 Å². The topological polar surface area (TPSA) is 90.7 Å². The highest BCUT2D eigenvalue weighted by atomic mass is 16.6. The summed E-state index contributed by atoms with van der Waals surface area (Å²) >= 11 is 0. The predicted octanol–water partition coefficient (Wildman–Crippen LogP) is 3.20. The minimum Gasteiger partial charge on any atom is -0.497 e. The molecule has 136 valence electrons. The molecule has 2 aromatic rings. The van der Waals surface area contributed by atoms with Gasteiger partial charge in [0.05, 0.1) is 18.1 Å². The van der Waals surface area contributed by atoms with Gasteiger partial charge in [-0.15, -0.1) is 0 Å². The lowest BCUT2D eigenvalue weighted by molar-refractivity contribution is -0.384. The number of benzene rings is 2. The third-order valence-corrected chi connectivity index (χ3v) is 3.48. The van der Waals surface area contributed by atoms with Crippen molar-refractivity contribution in [3.05, 3.63) is 70.3 Å². The first-order chi connectivity index (χ1) is 12.5. The fraction of sp³-hybridized carbons (Fsp3) is 0.211. The van der Waals surface area contributed by atoms with Gasteiger partial charge in [0, 0.05) is 18.2 Å². The Morgan fingerprint density at radius 1 is 1.15 bits per heavy atom. The maximum absolute atomic E-state index is 11.9. The van der Waals surface area contributed by atoms with E-state index in [0.29, 0.717) is 17.9 Å². The number of hydrogen-bond acceptors (Lipinski definition) is 5. The molecule has 0 aliphatic rings. The summed E-state index contributed by atoms with van der Waals surface area (Å²) < 4.78 is 10.7. The zero-order chi connectivity index (χ0) is 18.9. The van der Waals surface area contributed by atoms with Crippen LogP contribution in [0, 0.1) is 10.1 Å². The second kappa shape index (κ2) is 9.22. The van der Waals surface area contributed by atoms with Gasteiger partial charge in [-0.3, -0.25) is 14.9 Å². The largest absolute Gasteiger partial charge is 0.497 e. The highest BCUT2D eigenvalue weighted by molar-refractivity contribution is 5.91. The molecular formula is C19H20N2O5. The Kier molecular flexibility index (Phi) is 6.73. The molecule has 0 spiro atoms. The van der Waals surface area contributed by atoms with Crippen molar-refractivity contribution in [2.24, 2.45) is 0 Å². The summed E-state index contributed by atoms with van der Waals surface area (Å²) in [6, 6.07) is 12.9. The average molecular weight is 356 g/mol. The van der Waals surface area contributed by atoms with Crippen molar-refractivity contribution in [1.82, 2.24) is 5.32 Å². The van der Waals surface area contributed by atoms with Gasteiger partial charge in [-0.25, -0.2) is 0 Å². The zero-order valence-electron chi connectivity index (χ0n) is 14.5. The number of ether oxygens (including phenoxy) is 2. The number of non-ortho nitro benzene ring substituents is 1. The van der Waals surface area contributed by atoms with E-state index in [1.807, 2.05) is 6.92 Å². The molecule has 0 aromatic heterocycles. The molecule has 0 radical (unpaired) electrons. The van der Waals surface area contributed by atoms with E-state index in [2.05, 4.69) is 5.32 Å². The quantitative estimate of drug-likeness (QED) is 0.446. The lowest BCUT2D eigenvalue weighted by Gasteiger charge is -2.14. The van der Waals surface area contributed by atoms with Crippen molar-refractivity contribution in [3.63, 3.8) is 0 Å². The Balaban J connectivity index is 1.79. The van der Waals surface area contributed by atoms with Gasteiger partial charge in [0.15, 0.2) is 0 Å². The van der Waals surface area contributed by atoms with Gasteiger partial charge in [-0.2, -0.15) is 0 Å². The summed E-state index contributed by atoms with van der Waals surface area (Å²) in [4.78, 5) is 22.1. The summed E-state index contributed by atoms with van der Waals surface area (Å²) in [5, 5.41) is 13.4. The molecule has 1 atom stereocenters. The predicted molar refractivity (Wildman–Crippen MR) is 98.2 cm³/mol. The molecule has 1 N–H and O–H groups in total. The number of rotatable bonds is 8. The SMILES string of the molecule is COc1ccc(OCC(C)NC(=O)/C=C/c2ccc([N+](=O)[O-])cc2)cc1. The Morgan fingerprint density at radius 3 is 2.35 bits per heavy atom. The molecule has 0 aliphatic carbocycles. The number of nitro groups is 1. The molecule has 0 saturated heterocycles. The highest BCUT2D eigenvalue weighted by Gasteiger charge is 2.06. The van der Waals surface area contributed by atoms with Gasteiger partial charge >= 0.3 is 0 Å². The van der Waals surface area contributed by atoms with Crippen LogP contribution < -0.4 is 14.8 Å². The summed E-state index contributed by atoms with van der Waals surface area (Å²) in [6.45, 7) is 2.16. The van der Waals surface area contributed by atoms with Crippen molar-refractivity contribution in [3.8, 4) is 11.5 Å². The molecule has 0 fully saturated rings. The van der Waals surface area contributed by atoms with Crippen LogP contribution in [-0.2, 0) is 4.79 Å². The van der Waals surface area contributed by atoms with Gasteiger partial charge in [-0.05, 0) is 55.0 Å². The number of carbonyl (C=O) groups excluding carboxylic acids is 1. The molecule has 7 heteroatoms. The van der Waals surface area contributed by atoms with Gasteiger partial charge in [0.1, 0.15) is 18.1 Å². The Labute approximate surface area is 151 Å². The van der Waals surface area contributed by atoms with Crippen LogP contribution in [0.25, 0.3) is 6.08 Å². The van der Waals surface area contributed by atoms with Crippen LogP contribution in [0.5, 0.6) is 11.5 Å². The molecule has 0 heterocycles. The third-order valence-electron chi connectivity index (χ3n) is 3.48. The van der Waals surface area contributed by atoms with Gasteiger partial charge < -0.3 is 14.8 Å². The molecular weight excluding hydrogens is 336 g/mol. The van der Waals surface area contributed by atoms with Gasteiger partial charge in [0.25, 0.3) is 5.69 Å². The Bertz CT molecular complexity index is 770. The number of amides is 1. The fourth-order valence-corrected chi connectivity index (χ4v) is 2.10. The molecule has 2 aromatic carbocycles. The van der Waals surface area contributed by atoms with Crippen molar-refractivity contribution < 1.29 is 19.2 Å². The van der Waals surface area contributed by atoms with E-state index in [4.69, 9.17) is 9.47 Å². The summed E-state index contributed by atoms with van der Waals surface area (Å²) in [6.07, 6.45) is 2.97. The molecule has 26 heavy (non-hydrogen) atoms. The molecule has 0 aliphatic heterocycles. The minimum atomic E-state index is -0.468. The van der Waals surface area contributed by atoms with E-state index < -0.39 is 4.92 Å². The normalized spacial score (nSPS) is 11.8. The van der Waals surface area contributed by atoms with E-state index >= 15 is 0 Å². The molecule has 7 nitrogen and oxygen atoms in total. The van der Waals surface area contributed by atoms with E-state index in [1.54, 1.807) is 49.6 Å². The first-order valence-corrected chi connectivity index (χ1v) is 7.98. The monoisotopic (exact) mass is 356 g/mol. The number of nitro benzene ring substituents is 1. The number of nitrogens with one attached hydrogen (secondary N) is 1. The van der Waals surface area contributed by atoms with Crippen LogP contribution in [0.4, 0.5) is 5.69 Å². The van der Waals surface area contributed by atoms with Crippen LogP contribution in [0.2, 0.25) is 0 Å². The van der Waals surface area contributed by atoms with Gasteiger partial charge in [-0.1, -0.05) is 0 Å². The van der Waals surface area contributed by atoms with Crippen LogP contribution in [0.15, 0.2) is 54.6 Å². The van der Waals surface area contributed by atoms with Crippen molar-refractivity contribution in [2.45, 2.75) is 13.0 Å². The lowest BCUT2D eigenvalue weighted by Crippen LogP contribution is -2.35. The highest BCUT2D eigenvalue weighted by Crippen LogP contribution is 2.17. The molecule has 0 saturated carbocycles. The molecule has 2 rings (SSSR count). The summed E-state index contributed by atoms with van der Waals surface area (Å²) in [7, 11) is 1.59. The third kappa shape index (κ3) is 5.94. The van der Waals surface area contributed by atoms with Crippen LogP contribution in [0.1, 0.15) is 12.5 Å². The summed E-state index contributed by atoms with van der Waals surface area (Å²) in [5.74, 6) is 1.16. The van der Waals surface area contributed by atoms with Crippen LogP contribution >= 0.6 is 0 Å². The van der Waals surface area contributed by atoms with Crippen LogP contribution in [-0.4, -0.2) is 30.6 Å². The second-order valence-corrected chi connectivity index (χ2v) is 5.58. The number of nitrogens with zero attached hydrogens (tertiary/aromatic N) is 1. The van der Waals surface area contributed by atoms with Gasteiger partial charge in [0.2, 0.25) is 5.91 Å².